The van der Waals surface area contributed by atoms with E-state index in [0.29, 0.717) is 23.9 Å². The lowest BCUT2D eigenvalue weighted by molar-refractivity contribution is -0.114. The van der Waals surface area contributed by atoms with Gasteiger partial charge in [0.15, 0.2) is 5.82 Å². The van der Waals surface area contributed by atoms with E-state index >= 15 is 0 Å². The lowest BCUT2D eigenvalue weighted by Crippen LogP contribution is -2.60. The number of nitrogens with zero attached hydrogens (tertiary/aromatic N) is 6. The number of anilines is 2. The van der Waals surface area contributed by atoms with Gasteiger partial charge in [0.2, 0.25) is 0 Å². The third-order valence-electron chi connectivity index (χ3n) is 6.13. The zero-order valence-corrected chi connectivity index (χ0v) is 20.3. The summed E-state index contributed by atoms with van der Waals surface area (Å²) in [6.07, 6.45) is 4.14. The van der Waals surface area contributed by atoms with Crippen LogP contribution in [0.3, 0.4) is 0 Å². The predicted octanol–water partition coefficient (Wildman–Crippen LogP) is 4.19. The third kappa shape index (κ3) is 5.67. The Balaban J connectivity index is 1.22. The quantitative estimate of drug-likeness (QED) is 0.413. The monoisotopic (exact) mass is 467 g/mol. The van der Waals surface area contributed by atoms with Crippen molar-refractivity contribution in [3.63, 3.8) is 0 Å². The predicted molar refractivity (Wildman–Crippen MR) is 135 cm³/mol. The number of hydrogen-bond acceptors (Lipinski definition) is 8. The molecule has 1 aromatic carbocycles. The summed E-state index contributed by atoms with van der Waals surface area (Å²) in [5, 5.41) is 3.26. The van der Waals surface area contributed by atoms with Gasteiger partial charge in [-0.1, -0.05) is 30.3 Å². The van der Waals surface area contributed by atoms with Crippen LogP contribution in [-0.4, -0.2) is 55.6 Å². The number of methoxy groups -OCH3 is 1. The molecule has 5 rings (SSSR count). The number of ether oxygens (including phenoxy) is 1. The third-order valence-corrected chi connectivity index (χ3v) is 6.13. The SMILES string of the molecule is COC1(C)CN(Cc2ccc(Cc3nccc(Nc4ccnc(-c5cccc(C)n5)n4)n3)cc2)C1. The van der Waals surface area contributed by atoms with E-state index in [4.69, 9.17) is 4.74 Å². The molecular weight excluding hydrogens is 438 g/mol. The van der Waals surface area contributed by atoms with Gasteiger partial charge in [0.25, 0.3) is 0 Å². The number of hydrogen-bond donors (Lipinski definition) is 1. The Morgan fingerprint density at radius 1 is 0.886 bits per heavy atom. The minimum absolute atomic E-state index is 0.00115. The van der Waals surface area contributed by atoms with Crippen LogP contribution in [-0.2, 0) is 17.7 Å². The second kappa shape index (κ2) is 9.85. The first-order valence-corrected chi connectivity index (χ1v) is 11.7. The molecule has 0 unspecified atom stereocenters. The summed E-state index contributed by atoms with van der Waals surface area (Å²) in [5.74, 6) is 2.66. The zero-order valence-electron chi connectivity index (χ0n) is 20.3. The van der Waals surface area contributed by atoms with Crippen molar-refractivity contribution in [1.29, 1.82) is 0 Å². The Labute approximate surface area is 205 Å². The normalized spacial score (nSPS) is 14.9. The van der Waals surface area contributed by atoms with E-state index in [1.54, 1.807) is 19.5 Å². The molecule has 0 aliphatic carbocycles. The number of aromatic nitrogens is 5. The number of pyridine rings is 1. The second-order valence-electron chi connectivity index (χ2n) is 9.21. The minimum Gasteiger partial charge on any atom is -0.376 e. The summed E-state index contributed by atoms with van der Waals surface area (Å²) >= 11 is 0. The van der Waals surface area contributed by atoms with E-state index in [2.05, 4.69) is 66.3 Å². The first-order valence-electron chi connectivity index (χ1n) is 11.7. The molecule has 1 fully saturated rings. The van der Waals surface area contributed by atoms with Gasteiger partial charge in [0.1, 0.15) is 23.2 Å². The molecule has 0 saturated carbocycles. The minimum atomic E-state index is 0.00115. The van der Waals surface area contributed by atoms with Crippen LogP contribution in [0.25, 0.3) is 11.5 Å². The van der Waals surface area contributed by atoms with Crippen LogP contribution in [0.2, 0.25) is 0 Å². The van der Waals surface area contributed by atoms with Crippen molar-refractivity contribution in [1.82, 2.24) is 29.8 Å². The van der Waals surface area contributed by atoms with Crippen molar-refractivity contribution in [2.75, 3.05) is 25.5 Å². The second-order valence-corrected chi connectivity index (χ2v) is 9.21. The molecule has 8 nitrogen and oxygen atoms in total. The van der Waals surface area contributed by atoms with Crippen molar-refractivity contribution in [2.24, 2.45) is 0 Å². The Hall–Kier alpha value is -3.75. The summed E-state index contributed by atoms with van der Waals surface area (Å²) in [6.45, 7) is 6.97. The highest BCUT2D eigenvalue weighted by molar-refractivity contribution is 5.56. The van der Waals surface area contributed by atoms with E-state index < -0.39 is 0 Å². The fourth-order valence-corrected chi connectivity index (χ4v) is 4.25. The molecule has 0 radical (unpaired) electrons. The molecular formula is C27H29N7O. The van der Waals surface area contributed by atoms with E-state index in [-0.39, 0.29) is 5.60 Å². The van der Waals surface area contributed by atoms with E-state index in [1.165, 1.54) is 11.1 Å². The first kappa shape index (κ1) is 23.0. The zero-order chi connectivity index (χ0) is 24.3. The molecule has 0 spiro atoms. The first-order chi connectivity index (χ1) is 17.0. The summed E-state index contributed by atoms with van der Waals surface area (Å²) in [4.78, 5) is 25.0. The Morgan fingerprint density at radius 2 is 1.60 bits per heavy atom. The number of nitrogens with one attached hydrogen (secondary N) is 1. The molecule has 35 heavy (non-hydrogen) atoms. The fourth-order valence-electron chi connectivity index (χ4n) is 4.25. The molecule has 1 N–H and O–H groups in total. The van der Waals surface area contributed by atoms with Gasteiger partial charge in [-0.2, -0.15) is 0 Å². The van der Waals surface area contributed by atoms with E-state index in [9.17, 15) is 0 Å². The average Bonchev–Trinajstić information content (AvgIpc) is 2.84. The van der Waals surface area contributed by atoms with Gasteiger partial charge in [0.05, 0.1) is 5.60 Å². The van der Waals surface area contributed by atoms with Crippen molar-refractivity contribution in [3.05, 3.63) is 89.6 Å². The van der Waals surface area contributed by atoms with Crippen LogP contribution >= 0.6 is 0 Å². The number of aryl methyl sites for hydroxylation is 1. The van der Waals surface area contributed by atoms with Gasteiger partial charge in [-0.3, -0.25) is 4.90 Å². The lowest BCUT2D eigenvalue weighted by Gasteiger charge is -2.47. The highest BCUT2D eigenvalue weighted by Crippen LogP contribution is 2.25. The largest absolute Gasteiger partial charge is 0.376 e. The smallest absolute Gasteiger partial charge is 0.180 e. The van der Waals surface area contributed by atoms with Crippen LogP contribution in [0.4, 0.5) is 11.6 Å². The topological polar surface area (TPSA) is 89.0 Å². The van der Waals surface area contributed by atoms with Gasteiger partial charge in [-0.15, -0.1) is 0 Å². The van der Waals surface area contributed by atoms with Gasteiger partial charge in [0, 0.05) is 51.3 Å². The van der Waals surface area contributed by atoms with Crippen LogP contribution in [0.5, 0.6) is 0 Å². The van der Waals surface area contributed by atoms with Crippen LogP contribution in [0.1, 0.15) is 29.6 Å². The highest BCUT2D eigenvalue weighted by Gasteiger charge is 2.38. The Kier molecular flexibility index (Phi) is 6.48. The summed E-state index contributed by atoms with van der Waals surface area (Å²) in [7, 11) is 1.78. The standard InChI is InChI=1S/C27H29N7O/c1-19-5-4-6-22(30-19)26-29-14-12-24(33-26)31-23-11-13-28-25(32-23)15-20-7-9-21(10-8-20)16-34-17-27(2,18-34)35-3/h4-14H,15-18H2,1-3H3,(H,28,29,31,32,33). The summed E-state index contributed by atoms with van der Waals surface area (Å²) in [5.41, 5.74) is 4.13. The molecule has 1 aliphatic rings. The number of benzene rings is 1. The van der Waals surface area contributed by atoms with E-state index in [0.717, 1.165) is 36.8 Å². The number of likely N-dealkylation sites (tertiary alicyclic amines) is 1. The van der Waals surface area contributed by atoms with Gasteiger partial charge in [-0.25, -0.2) is 24.9 Å². The molecule has 0 atom stereocenters. The Bertz CT molecular complexity index is 1300. The van der Waals surface area contributed by atoms with Crippen LogP contribution in [0.15, 0.2) is 67.0 Å². The Morgan fingerprint density at radius 3 is 2.34 bits per heavy atom. The van der Waals surface area contributed by atoms with Crippen molar-refractivity contribution >= 4 is 11.6 Å². The van der Waals surface area contributed by atoms with Gasteiger partial charge < -0.3 is 10.1 Å². The molecule has 8 heteroatoms. The van der Waals surface area contributed by atoms with Crippen molar-refractivity contribution < 1.29 is 4.74 Å². The maximum atomic E-state index is 5.53. The van der Waals surface area contributed by atoms with Gasteiger partial charge in [-0.05, 0) is 49.2 Å². The van der Waals surface area contributed by atoms with Crippen molar-refractivity contribution in [2.45, 2.75) is 32.4 Å². The molecule has 1 saturated heterocycles. The van der Waals surface area contributed by atoms with Crippen LogP contribution < -0.4 is 5.32 Å². The average molecular weight is 468 g/mol. The molecule has 4 aromatic rings. The molecule has 0 bridgehead atoms. The lowest BCUT2D eigenvalue weighted by atomic mass is 9.95. The van der Waals surface area contributed by atoms with Crippen molar-refractivity contribution in [3.8, 4) is 11.5 Å². The summed E-state index contributed by atoms with van der Waals surface area (Å²) in [6, 6.07) is 18.1. The highest BCUT2D eigenvalue weighted by atomic mass is 16.5. The number of rotatable bonds is 8. The maximum Gasteiger partial charge on any atom is 0.180 e. The molecule has 178 valence electrons. The molecule has 4 heterocycles. The fraction of sp³-hybridized carbons (Fsp3) is 0.296. The molecule has 1 aliphatic heterocycles. The van der Waals surface area contributed by atoms with Crippen LogP contribution in [0, 0.1) is 6.92 Å². The van der Waals surface area contributed by atoms with Gasteiger partial charge >= 0.3 is 0 Å². The molecule has 3 aromatic heterocycles. The molecule has 0 amide bonds. The maximum absolute atomic E-state index is 5.53. The van der Waals surface area contributed by atoms with E-state index in [1.807, 2.05) is 37.3 Å². The summed E-state index contributed by atoms with van der Waals surface area (Å²) < 4.78 is 5.53.